The molecule has 74 heavy (non-hydrogen) atoms. The molecule has 13 heteroatoms. The SMILES string of the molecule is CC/C=C\C/C=C\C/C=C\C/C=C\C/C=C\CCCCCCCCOCC(COC1OC(CO)C(O)C(OS(=O)(=O)O)C1O)OC(=O)CCCCCCCCCCCC/C=C\C/C=C\C/C=C\CCCCCCC. The normalized spacial score (nSPS) is 19.5. The topological polar surface area (TPSA) is 178 Å². The van der Waals surface area contributed by atoms with Gasteiger partial charge in [-0.1, -0.05) is 214 Å². The summed E-state index contributed by atoms with van der Waals surface area (Å²) in [4.78, 5) is 13.0. The molecule has 1 aliphatic rings. The van der Waals surface area contributed by atoms with Crippen LogP contribution in [0.5, 0.6) is 0 Å². The zero-order chi connectivity index (χ0) is 53.8. The molecule has 6 unspecified atom stereocenters. The predicted molar refractivity (Wildman–Crippen MR) is 303 cm³/mol. The minimum Gasteiger partial charge on any atom is -0.457 e. The average molecular weight is 1060 g/mol. The van der Waals surface area contributed by atoms with Crippen molar-refractivity contribution in [3.8, 4) is 0 Å². The molecule has 1 aliphatic heterocycles. The van der Waals surface area contributed by atoms with Gasteiger partial charge in [0.15, 0.2) is 6.29 Å². The molecule has 0 aliphatic carbocycles. The van der Waals surface area contributed by atoms with Crippen molar-refractivity contribution >= 4 is 16.4 Å². The van der Waals surface area contributed by atoms with Gasteiger partial charge in [-0.3, -0.25) is 9.35 Å². The molecule has 0 spiro atoms. The van der Waals surface area contributed by atoms with Crippen molar-refractivity contribution in [3.63, 3.8) is 0 Å². The quantitative estimate of drug-likeness (QED) is 0.0196. The van der Waals surface area contributed by atoms with Gasteiger partial charge in [-0.25, -0.2) is 4.18 Å². The van der Waals surface area contributed by atoms with Crippen LogP contribution in [-0.2, 0) is 38.3 Å². The van der Waals surface area contributed by atoms with Gasteiger partial charge in [-0.15, -0.1) is 0 Å². The monoisotopic (exact) mass is 1060 g/mol. The first-order valence-corrected chi connectivity index (χ1v) is 30.4. The van der Waals surface area contributed by atoms with Gasteiger partial charge < -0.3 is 34.3 Å². The Morgan fingerprint density at radius 2 is 0.932 bits per heavy atom. The Hall–Kier alpha value is -2.98. The van der Waals surface area contributed by atoms with Gasteiger partial charge in [-0.05, 0) is 96.3 Å². The molecule has 1 fully saturated rings. The molecule has 1 saturated heterocycles. The highest BCUT2D eigenvalue weighted by Gasteiger charge is 2.48. The molecule has 6 atom stereocenters. The number of carbonyl (C=O) groups excluding carboxylic acids is 1. The van der Waals surface area contributed by atoms with Crippen LogP contribution >= 0.6 is 0 Å². The van der Waals surface area contributed by atoms with E-state index >= 15 is 0 Å². The van der Waals surface area contributed by atoms with Gasteiger partial charge >= 0.3 is 16.4 Å². The minimum atomic E-state index is -5.08. The van der Waals surface area contributed by atoms with Crippen molar-refractivity contribution in [1.82, 2.24) is 0 Å². The first-order valence-electron chi connectivity index (χ1n) is 29.0. The van der Waals surface area contributed by atoms with Crippen LogP contribution in [0.1, 0.15) is 219 Å². The van der Waals surface area contributed by atoms with Crippen molar-refractivity contribution in [2.75, 3.05) is 26.4 Å². The lowest BCUT2D eigenvalue weighted by Crippen LogP contribution is -2.60. The first-order chi connectivity index (χ1) is 36.1. The minimum absolute atomic E-state index is 0.0186. The highest BCUT2D eigenvalue weighted by atomic mass is 32.3. The molecule has 426 valence electrons. The van der Waals surface area contributed by atoms with Crippen LogP contribution in [0.3, 0.4) is 0 Å². The van der Waals surface area contributed by atoms with E-state index in [4.69, 9.17) is 18.9 Å². The standard InChI is InChI=1S/C61H104O12S/c1-3-5-7-9-11-13-15-17-19-21-23-25-27-28-29-30-32-34-36-38-40-42-44-46-48-50-57(63)71-55(54-70-61-59(65)60(73-74(66,67)68)58(64)56(52-62)72-61)53-69-51-49-47-45-43-41-39-37-35-33-31-26-24-22-20-18-16-14-12-10-8-6-4-2/h6,8,12,14-15,17-18,20-21,23-24,26-28,33,35,55-56,58-62,64-65H,3-5,7,9-11,13,16,19,22,25,29-32,34,36-54H2,1-2H3,(H,66,67,68)/b8-6-,14-12-,17-15-,20-18-,23-21-,26-24-,28-27-,35-33-. The largest absolute Gasteiger partial charge is 0.457 e. The number of hydrogen-bond acceptors (Lipinski definition) is 11. The van der Waals surface area contributed by atoms with Gasteiger partial charge in [0.25, 0.3) is 0 Å². The lowest BCUT2D eigenvalue weighted by atomic mass is 9.99. The van der Waals surface area contributed by atoms with E-state index in [9.17, 15) is 33.1 Å². The fraction of sp³-hybridized carbons (Fsp3) is 0.721. The Kier molecular flexibility index (Phi) is 47.4. The van der Waals surface area contributed by atoms with Crippen LogP contribution in [0.2, 0.25) is 0 Å². The number of rotatable bonds is 50. The predicted octanol–water partition coefficient (Wildman–Crippen LogP) is 14.5. The average Bonchev–Trinajstić information content (AvgIpc) is 3.38. The van der Waals surface area contributed by atoms with Gasteiger partial charge in [-0.2, -0.15) is 8.42 Å². The van der Waals surface area contributed by atoms with E-state index in [1.54, 1.807) is 0 Å². The van der Waals surface area contributed by atoms with Gasteiger partial charge in [0.05, 0.1) is 19.8 Å². The van der Waals surface area contributed by atoms with E-state index < -0.39 is 59.8 Å². The van der Waals surface area contributed by atoms with Crippen molar-refractivity contribution in [1.29, 1.82) is 0 Å². The van der Waals surface area contributed by atoms with E-state index in [0.29, 0.717) is 13.0 Å². The number of esters is 1. The van der Waals surface area contributed by atoms with Crippen molar-refractivity contribution < 1.29 is 56.2 Å². The molecule has 0 radical (unpaired) electrons. The molecule has 12 nitrogen and oxygen atoms in total. The molecular weight excluding hydrogens is 957 g/mol. The molecule has 1 heterocycles. The Labute approximate surface area is 450 Å². The molecule has 0 saturated carbocycles. The van der Waals surface area contributed by atoms with E-state index in [2.05, 4.69) is 115 Å². The maximum absolute atomic E-state index is 13.0. The maximum Gasteiger partial charge on any atom is 0.397 e. The summed E-state index contributed by atoms with van der Waals surface area (Å²) in [7, 11) is -5.08. The summed E-state index contributed by atoms with van der Waals surface area (Å²) in [6, 6.07) is 0. The molecule has 0 bridgehead atoms. The number of allylic oxidation sites excluding steroid dienone is 16. The van der Waals surface area contributed by atoms with Crippen LogP contribution in [0.15, 0.2) is 97.2 Å². The van der Waals surface area contributed by atoms with Crippen molar-refractivity contribution in [2.24, 2.45) is 0 Å². The second kappa shape index (κ2) is 50.8. The van der Waals surface area contributed by atoms with Crippen LogP contribution in [0.25, 0.3) is 0 Å². The Balaban J connectivity index is 2.33. The number of carbonyl (C=O) groups is 1. The van der Waals surface area contributed by atoms with Gasteiger partial charge in [0, 0.05) is 13.0 Å². The number of aliphatic hydroxyl groups excluding tert-OH is 3. The van der Waals surface area contributed by atoms with Crippen molar-refractivity contribution in [2.45, 2.75) is 256 Å². The number of aliphatic hydroxyl groups is 3. The van der Waals surface area contributed by atoms with Gasteiger partial charge in [0.2, 0.25) is 0 Å². The molecule has 0 aromatic heterocycles. The highest BCUT2D eigenvalue weighted by molar-refractivity contribution is 7.80. The third-order valence-corrected chi connectivity index (χ3v) is 13.2. The maximum atomic E-state index is 13.0. The fourth-order valence-electron chi connectivity index (χ4n) is 8.35. The number of hydrogen-bond donors (Lipinski definition) is 4. The smallest absolute Gasteiger partial charge is 0.397 e. The summed E-state index contributed by atoms with van der Waals surface area (Å²) >= 11 is 0. The zero-order valence-corrected chi connectivity index (χ0v) is 46.9. The molecule has 0 aromatic carbocycles. The van der Waals surface area contributed by atoms with E-state index in [0.717, 1.165) is 109 Å². The lowest BCUT2D eigenvalue weighted by Gasteiger charge is -2.41. The summed E-state index contributed by atoms with van der Waals surface area (Å²) < 4.78 is 59.4. The second-order valence-corrected chi connectivity index (χ2v) is 20.5. The van der Waals surface area contributed by atoms with Crippen LogP contribution in [-0.4, -0.2) is 97.5 Å². The Bertz CT molecular complexity index is 1650. The van der Waals surface area contributed by atoms with E-state index in [-0.39, 0.29) is 19.6 Å². The Morgan fingerprint density at radius 3 is 1.36 bits per heavy atom. The summed E-state index contributed by atoms with van der Waals surface area (Å²) in [6.45, 7) is 3.83. The van der Waals surface area contributed by atoms with E-state index in [1.807, 2.05) is 0 Å². The van der Waals surface area contributed by atoms with E-state index in [1.165, 1.54) is 83.5 Å². The molecular formula is C61H104O12S. The summed E-state index contributed by atoms with van der Waals surface area (Å²) in [5.74, 6) is -0.411. The molecule has 4 N–H and O–H groups in total. The third-order valence-electron chi connectivity index (χ3n) is 12.7. The summed E-state index contributed by atoms with van der Waals surface area (Å²) in [6.07, 6.45) is 61.5. The second-order valence-electron chi connectivity index (χ2n) is 19.5. The zero-order valence-electron chi connectivity index (χ0n) is 46.1. The fourth-order valence-corrected chi connectivity index (χ4v) is 8.86. The number of unbranched alkanes of at least 4 members (excludes halogenated alkanes) is 21. The van der Waals surface area contributed by atoms with Gasteiger partial charge in [0.1, 0.15) is 30.5 Å². The first kappa shape index (κ1) is 69.0. The van der Waals surface area contributed by atoms with Crippen LogP contribution in [0, 0.1) is 0 Å². The molecule has 0 aromatic rings. The lowest BCUT2D eigenvalue weighted by molar-refractivity contribution is -0.301. The van der Waals surface area contributed by atoms with Crippen LogP contribution in [0.4, 0.5) is 0 Å². The third kappa shape index (κ3) is 43.2. The van der Waals surface area contributed by atoms with Crippen LogP contribution < -0.4 is 0 Å². The highest BCUT2D eigenvalue weighted by Crippen LogP contribution is 2.26. The summed E-state index contributed by atoms with van der Waals surface area (Å²) in [5.41, 5.74) is 0. The van der Waals surface area contributed by atoms with Crippen molar-refractivity contribution in [3.05, 3.63) is 97.2 Å². The summed E-state index contributed by atoms with van der Waals surface area (Å²) in [5, 5.41) is 30.9. The molecule has 1 rings (SSSR count). The Morgan fingerprint density at radius 1 is 0.527 bits per heavy atom. The molecule has 0 amide bonds. The number of ether oxygens (including phenoxy) is 4.